The average molecular weight is 411 g/mol. The molecule has 1 unspecified atom stereocenters. The van der Waals surface area contributed by atoms with Crippen LogP contribution in [0.4, 0.5) is 0 Å². The number of halogens is 1. The molecular weight excluding hydrogens is 397 g/mol. The maximum absolute atomic E-state index is 11.9. The van der Waals surface area contributed by atoms with Crippen LogP contribution < -0.4 is 0 Å². The van der Waals surface area contributed by atoms with Gasteiger partial charge in [0.25, 0.3) is 0 Å². The molecule has 3 aromatic heterocycles. The second-order valence-electron chi connectivity index (χ2n) is 4.92. The van der Waals surface area contributed by atoms with Crippen molar-refractivity contribution in [2.24, 2.45) is 0 Å². The monoisotopic (exact) mass is 411 g/mol. The molecule has 0 saturated carbocycles. The molecule has 6 heteroatoms. The quantitative estimate of drug-likeness (QED) is 0.369. The van der Waals surface area contributed by atoms with E-state index in [1.54, 1.807) is 12.5 Å². The van der Waals surface area contributed by atoms with Gasteiger partial charge in [0.2, 0.25) is 0 Å². The van der Waals surface area contributed by atoms with Crippen molar-refractivity contribution in [2.75, 3.05) is 0 Å². The number of hydrogen-bond acceptors (Lipinski definition) is 4. The summed E-state index contributed by atoms with van der Waals surface area (Å²) in [4.78, 5) is 22.4. The van der Waals surface area contributed by atoms with Gasteiger partial charge in [-0.15, -0.1) is 11.3 Å². The molecule has 0 aliphatic rings. The lowest BCUT2D eigenvalue weighted by Gasteiger charge is -2.20. The van der Waals surface area contributed by atoms with Crippen molar-refractivity contribution >= 4 is 44.5 Å². The first kappa shape index (κ1) is 14.6. The van der Waals surface area contributed by atoms with Crippen LogP contribution >= 0.6 is 33.9 Å². The number of carbonyl (C=O) groups is 1. The van der Waals surface area contributed by atoms with Crippen LogP contribution in [-0.4, -0.2) is 20.2 Å². The molecule has 0 spiro atoms. The summed E-state index contributed by atoms with van der Waals surface area (Å²) < 4.78 is 1.66. The number of hydrogen-bond donors (Lipinski definition) is 0. The van der Waals surface area contributed by atoms with Crippen LogP contribution in [0.15, 0.2) is 37.1 Å². The van der Waals surface area contributed by atoms with Gasteiger partial charge >= 0.3 is 0 Å². The van der Waals surface area contributed by atoms with Gasteiger partial charge in [-0.3, -0.25) is 14.2 Å². The van der Waals surface area contributed by atoms with Crippen molar-refractivity contribution in [2.45, 2.75) is 23.7 Å². The highest BCUT2D eigenvalue weighted by Crippen LogP contribution is 2.41. The molecule has 0 fully saturated rings. The molecule has 0 aliphatic heterocycles. The SMILES string of the molecule is CCC(=O)c1cn2cnc(C(C)(I)c3cccnc3)c2s1. The molecule has 0 amide bonds. The highest BCUT2D eigenvalue weighted by Gasteiger charge is 2.31. The van der Waals surface area contributed by atoms with Gasteiger partial charge in [0.15, 0.2) is 5.78 Å². The van der Waals surface area contributed by atoms with Crippen LogP contribution in [0.5, 0.6) is 0 Å². The minimum absolute atomic E-state index is 0.172. The zero-order chi connectivity index (χ0) is 15.0. The Morgan fingerprint density at radius 2 is 2.33 bits per heavy atom. The van der Waals surface area contributed by atoms with E-state index in [0.717, 1.165) is 21.0 Å². The van der Waals surface area contributed by atoms with E-state index in [1.165, 1.54) is 11.3 Å². The lowest BCUT2D eigenvalue weighted by atomic mass is 10.0. The molecule has 108 valence electrons. The Morgan fingerprint density at radius 1 is 1.52 bits per heavy atom. The maximum atomic E-state index is 11.9. The smallest absolute Gasteiger partial charge is 0.174 e. The van der Waals surface area contributed by atoms with E-state index >= 15 is 0 Å². The van der Waals surface area contributed by atoms with Gasteiger partial charge in [0.05, 0.1) is 14.0 Å². The van der Waals surface area contributed by atoms with E-state index in [9.17, 15) is 4.79 Å². The zero-order valence-corrected chi connectivity index (χ0v) is 14.7. The van der Waals surface area contributed by atoms with Crippen LogP contribution in [-0.2, 0) is 3.42 Å². The fraction of sp³-hybridized carbons (Fsp3) is 0.267. The second kappa shape index (κ2) is 5.49. The molecule has 0 aromatic carbocycles. The van der Waals surface area contributed by atoms with E-state index in [0.29, 0.717) is 6.42 Å². The van der Waals surface area contributed by atoms with Gasteiger partial charge in [-0.25, -0.2) is 4.98 Å². The molecule has 3 rings (SSSR count). The van der Waals surface area contributed by atoms with Crippen LogP contribution in [0.2, 0.25) is 0 Å². The van der Waals surface area contributed by atoms with E-state index in [2.05, 4.69) is 45.5 Å². The van der Waals surface area contributed by atoms with E-state index in [1.807, 2.05) is 29.8 Å². The number of pyridine rings is 1. The van der Waals surface area contributed by atoms with Crippen molar-refractivity contribution in [1.29, 1.82) is 0 Å². The number of carbonyl (C=O) groups excluding carboxylic acids is 1. The van der Waals surface area contributed by atoms with Crippen molar-refractivity contribution in [3.63, 3.8) is 0 Å². The van der Waals surface area contributed by atoms with Crippen LogP contribution in [0.3, 0.4) is 0 Å². The Labute approximate surface area is 140 Å². The molecule has 1 atom stereocenters. The van der Waals surface area contributed by atoms with Crippen molar-refractivity contribution in [1.82, 2.24) is 14.4 Å². The van der Waals surface area contributed by atoms with Crippen LogP contribution in [0, 0.1) is 0 Å². The molecule has 0 aliphatic carbocycles. The number of aromatic nitrogens is 3. The van der Waals surface area contributed by atoms with Gasteiger partial charge in [-0.1, -0.05) is 35.6 Å². The molecular formula is C15H14IN3OS. The normalized spacial score (nSPS) is 14.2. The number of thiazole rings is 1. The van der Waals surface area contributed by atoms with Crippen molar-refractivity contribution in [3.05, 3.63) is 53.2 Å². The largest absolute Gasteiger partial charge is 0.296 e. The van der Waals surface area contributed by atoms with E-state index < -0.39 is 0 Å². The van der Waals surface area contributed by atoms with Crippen LogP contribution in [0.25, 0.3) is 4.83 Å². The highest BCUT2D eigenvalue weighted by atomic mass is 127. The van der Waals surface area contributed by atoms with Gasteiger partial charge in [-0.2, -0.15) is 0 Å². The first-order valence-electron chi connectivity index (χ1n) is 6.63. The molecule has 21 heavy (non-hydrogen) atoms. The fourth-order valence-corrected chi connectivity index (χ4v) is 4.29. The first-order chi connectivity index (χ1) is 10.0. The molecule has 3 aromatic rings. The van der Waals surface area contributed by atoms with Gasteiger partial charge in [0, 0.05) is 25.0 Å². The Morgan fingerprint density at radius 3 is 3.00 bits per heavy atom. The van der Waals surface area contributed by atoms with Gasteiger partial charge < -0.3 is 0 Å². The molecule has 3 heterocycles. The maximum Gasteiger partial charge on any atom is 0.174 e. The number of ketones is 1. The Kier molecular flexibility index (Phi) is 3.83. The van der Waals surface area contributed by atoms with E-state index in [4.69, 9.17) is 0 Å². The molecule has 0 bridgehead atoms. The van der Waals surface area contributed by atoms with Gasteiger partial charge in [-0.05, 0) is 18.6 Å². The lowest BCUT2D eigenvalue weighted by molar-refractivity contribution is 0.0991. The predicted octanol–water partition coefficient (Wildman–Crippen LogP) is 4.08. The summed E-state index contributed by atoms with van der Waals surface area (Å²) in [7, 11) is 0. The number of nitrogens with zero attached hydrogens (tertiary/aromatic N) is 3. The minimum Gasteiger partial charge on any atom is -0.296 e. The summed E-state index contributed by atoms with van der Waals surface area (Å²) in [5.41, 5.74) is 2.07. The number of imidazole rings is 1. The molecule has 0 saturated heterocycles. The third-order valence-corrected chi connectivity index (χ3v) is 5.74. The minimum atomic E-state index is -0.280. The first-order valence-corrected chi connectivity index (χ1v) is 8.53. The Bertz CT molecular complexity index is 792. The molecule has 0 radical (unpaired) electrons. The number of alkyl halides is 1. The third-order valence-electron chi connectivity index (χ3n) is 3.46. The second-order valence-corrected chi connectivity index (χ2v) is 8.11. The number of Topliss-reactive ketones (excluding diaryl/α,β-unsaturated/α-hetero) is 1. The van der Waals surface area contributed by atoms with E-state index in [-0.39, 0.29) is 9.20 Å². The van der Waals surface area contributed by atoms with Gasteiger partial charge in [0.1, 0.15) is 11.2 Å². The molecule has 4 nitrogen and oxygen atoms in total. The standard InChI is InChI=1S/C15H14IN3OS/c1-3-11(20)12-8-19-9-18-13(14(19)21-12)15(2,16)10-5-4-6-17-7-10/h4-9H,3H2,1-2H3. The Balaban J connectivity index is 2.12. The average Bonchev–Trinajstić information content (AvgIpc) is 3.07. The summed E-state index contributed by atoms with van der Waals surface area (Å²) in [6.45, 7) is 4.00. The van der Waals surface area contributed by atoms with Crippen LogP contribution in [0.1, 0.15) is 41.2 Å². The van der Waals surface area contributed by atoms with Crippen molar-refractivity contribution in [3.8, 4) is 0 Å². The summed E-state index contributed by atoms with van der Waals surface area (Å²) in [5.74, 6) is 0.172. The number of rotatable bonds is 4. The fourth-order valence-electron chi connectivity index (χ4n) is 2.20. The predicted molar refractivity (Wildman–Crippen MR) is 92.4 cm³/mol. The summed E-state index contributed by atoms with van der Waals surface area (Å²) in [6, 6.07) is 3.98. The topological polar surface area (TPSA) is 47.3 Å². The zero-order valence-electron chi connectivity index (χ0n) is 11.7. The summed E-state index contributed by atoms with van der Waals surface area (Å²) in [5, 5.41) is 0. The van der Waals surface area contributed by atoms with Crippen molar-refractivity contribution < 1.29 is 4.79 Å². The lowest BCUT2D eigenvalue weighted by Crippen LogP contribution is -2.15. The highest BCUT2D eigenvalue weighted by molar-refractivity contribution is 14.1. The summed E-state index contributed by atoms with van der Waals surface area (Å²) >= 11 is 3.90. The summed E-state index contributed by atoms with van der Waals surface area (Å²) in [6.07, 6.45) is 7.81. The third kappa shape index (κ3) is 2.50. The molecule has 0 N–H and O–H groups in total. The number of fused-ring (bicyclic) bond motifs is 1. The Hall–Kier alpha value is -1.28.